The average Bonchev–Trinajstić information content (AvgIpc) is 2.51. The van der Waals surface area contributed by atoms with E-state index in [0.29, 0.717) is 13.1 Å². The number of halogens is 1. The SMILES string of the molecule is O[C@H]1CCN(Cc2cncc(F)c2)C1. The quantitative estimate of drug-likeness (QED) is 0.759. The molecule has 1 aliphatic rings. The van der Waals surface area contributed by atoms with E-state index in [2.05, 4.69) is 9.88 Å². The van der Waals surface area contributed by atoms with Crippen LogP contribution in [-0.2, 0) is 6.54 Å². The van der Waals surface area contributed by atoms with E-state index < -0.39 is 0 Å². The van der Waals surface area contributed by atoms with Crippen molar-refractivity contribution in [3.05, 3.63) is 29.8 Å². The summed E-state index contributed by atoms with van der Waals surface area (Å²) in [5, 5.41) is 9.30. The lowest BCUT2D eigenvalue weighted by atomic mass is 10.2. The number of hydrogen-bond donors (Lipinski definition) is 1. The van der Waals surface area contributed by atoms with Gasteiger partial charge in [0, 0.05) is 25.8 Å². The van der Waals surface area contributed by atoms with E-state index in [1.54, 1.807) is 6.20 Å². The first-order chi connectivity index (χ1) is 6.74. The summed E-state index contributed by atoms with van der Waals surface area (Å²) in [6.45, 7) is 2.22. The summed E-state index contributed by atoms with van der Waals surface area (Å²) < 4.78 is 12.8. The number of likely N-dealkylation sites (tertiary alicyclic amines) is 1. The van der Waals surface area contributed by atoms with Crippen LogP contribution in [0.5, 0.6) is 0 Å². The molecule has 0 amide bonds. The average molecular weight is 196 g/mol. The number of pyridine rings is 1. The molecule has 0 saturated carbocycles. The Balaban J connectivity index is 1.97. The van der Waals surface area contributed by atoms with Gasteiger partial charge in [-0.2, -0.15) is 0 Å². The third kappa shape index (κ3) is 2.27. The Kier molecular flexibility index (Phi) is 2.74. The second-order valence-electron chi connectivity index (χ2n) is 3.69. The van der Waals surface area contributed by atoms with Crippen molar-refractivity contribution < 1.29 is 9.50 Å². The largest absolute Gasteiger partial charge is 0.392 e. The van der Waals surface area contributed by atoms with Gasteiger partial charge in [-0.05, 0) is 18.1 Å². The molecular weight excluding hydrogens is 183 g/mol. The molecule has 2 rings (SSSR count). The standard InChI is InChI=1S/C10H13FN2O/c11-9-3-8(4-12-5-9)6-13-2-1-10(14)7-13/h3-5,10,14H,1-2,6-7H2/t10-/m0/s1. The van der Waals surface area contributed by atoms with Crippen molar-refractivity contribution in [1.82, 2.24) is 9.88 Å². The van der Waals surface area contributed by atoms with Crippen molar-refractivity contribution in [2.24, 2.45) is 0 Å². The molecule has 1 aromatic heterocycles. The fourth-order valence-electron chi connectivity index (χ4n) is 1.76. The normalized spacial score (nSPS) is 22.9. The van der Waals surface area contributed by atoms with Crippen LogP contribution in [0, 0.1) is 5.82 Å². The monoisotopic (exact) mass is 196 g/mol. The van der Waals surface area contributed by atoms with Gasteiger partial charge in [-0.25, -0.2) is 4.39 Å². The van der Waals surface area contributed by atoms with E-state index in [-0.39, 0.29) is 11.9 Å². The van der Waals surface area contributed by atoms with Gasteiger partial charge in [0.15, 0.2) is 0 Å². The lowest BCUT2D eigenvalue weighted by Crippen LogP contribution is -2.21. The topological polar surface area (TPSA) is 36.4 Å². The number of nitrogens with zero attached hydrogens (tertiary/aromatic N) is 2. The van der Waals surface area contributed by atoms with Crippen LogP contribution in [0.4, 0.5) is 4.39 Å². The van der Waals surface area contributed by atoms with Crippen molar-refractivity contribution in [3.63, 3.8) is 0 Å². The highest BCUT2D eigenvalue weighted by atomic mass is 19.1. The second kappa shape index (κ2) is 4.02. The first-order valence-corrected chi connectivity index (χ1v) is 4.74. The molecule has 3 nitrogen and oxygen atoms in total. The number of aromatic nitrogens is 1. The maximum atomic E-state index is 12.8. The summed E-state index contributed by atoms with van der Waals surface area (Å²) in [5.74, 6) is -0.303. The van der Waals surface area contributed by atoms with Crippen LogP contribution >= 0.6 is 0 Å². The summed E-state index contributed by atoms with van der Waals surface area (Å²) in [5.41, 5.74) is 0.860. The molecule has 76 valence electrons. The molecule has 4 heteroatoms. The zero-order chi connectivity index (χ0) is 9.97. The second-order valence-corrected chi connectivity index (χ2v) is 3.69. The predicted molar refractivity (Wildman–Crippen MR) is 50.1 cm³/mol. The van der Waals surface area contributed by atoms with Gasteiger partial charge in [-0.1, -0.05) is 0 Å². The zero-order valence-corrected chi connectivity index (χ0v) is 7.86. The van der Waals surface area contributed by atoms with Crippen molar-refractivity contribution in [2.45, 2.75) is 19.1 Å². The smallest absolute Gasteiger partial charge is 0.141 e. The van der Waals surface area contributed by atoms with Crippen LogP contribution in [0.1, 0.15) is 12.0 Å². The van der Waals surface area contributed by atoms with E-state index >= 15 is 0 Å². The predicted octanol–water partition coefficient (Wildman–Crippen LogP) is 0.787. The first-order valence-electron chi connectivity index (χ1n) is 4.74. The van der Waals surface area contributed by atoms with Gasteiger partial charge < -0.3 is 5.11 Å². The molecular formula is C10H13FN2O. The molecule has 0 aliphatic carbocycles. The number of aliphatic hydroxyl groups excluding tert-OH is 1. The Labute approximate surface area is 82.2 Å². The molecule has 0 bridgehead atoms. The Hall–Kier alpha value is -1.00. The van der Waals surface area contributed by atoms with Gasteiger partial charge in [0.2, 0.25) is 0 Å². The van der Waals surface area contributed by atoms with Gasteiger partial charge >= 0.3 is 0 Å². The van der Waals surface area contributed by atoms with Gasteiger partial charge in [0.05, 0.1) is 12.3 Å². The molecule has 1 fully saturated rings. The maximum absolute atomic E-state index is 12.8. The van der Waals surface area contributed by atoms with Gasteiger partial charge in [-0.15, -0.1) is 0 Å². The van der Waals surface area contributed by atoms with Crippen molar-refractivity contribution in [3.8, 4) is 0 Å². The van der Waals surface area contributed by atoms with E-state index in [4.69, 9.17) is 0 Å². The number of hydrogen-bond acceptors (Lipinski definition) is 3. The van der Waals surface area contributed by atoms with Crippen molar-refractivity contribution in [2.75, 3.05) is 13.1 Å². The minimum Gasteiger partial charge on any atom is -0.392 e. The third-order valence-electron chi connectivity index (χ3n) is 2.42. The minimum absolute atomic E-state index is 0.225. The molecule has 1 aromatic rings. The Morgan fingerprint density at radius 1 is 1.57 bits per heavy atom. The van der Waals surface area contributed by atoms with E-state index in [1.165, 1.54) is 12.3 Å². The summed E-state index contributed by atoms with van der Waals surface area (Å²) in [6, 6.07) is 1.48. The van der Waals surface area contributed by atoms with E-state index in [0.717, 1.165) is 18.5 Å². The molecule has 0 radical (unpaired) electrons. The van der Waals surface area contributed by atoms with Crippen LogP contribution < -0.4 is 0 Å². The Bertz CT molecular complexity index is 319. The Morgan fingerprint density at radius 2 is 2.43 bits per heavy atom. The lowest BCUT2D eigenvalue weighted by molar-refractivity contribution is 0.174. The molecule has 1 N–H and O–H groups in total. The number of aliphatic hydroxyl groups is 1. The lowest BCUT2D eigenvalue weighted by Gasteiger charge is -2.14. The summed E-state index contributed by atoms with van der Waals surface area (Å²) in [6.07, 6.45) is 3.44. The first kappa shape index (κ1) is 9.55. The molecule has 1 atom stereocenters. The fourth-order valence-corrected chi connectivity index (χ4v) is 1.76. The highest BCUT2D eigenvalue weighted by Gasteiger charge is 2.19. The molecule has 0 aromatic carbocycles. The van der Waals surface area contributed by atoms with Crippen molar-refractivity contribution >= 4 is 0 Å². The van der Waals surface area contributed by atoms with Crippen LogP contribution in [-0.4, -0.2) is 34.2 Å². The number of rotatable bonds is 2. The molecule has 2 heterocycles. The van der Waals surface area contributed by atoms with E-state index in [9.17, 15) is 9.50 Å². The maximum Gasteiger partial charge on any atom is 0.141 e. The highest BCUT2D eigenvalue weighted by molar-refractivity contribution is 5.10. The fraction of sp³-hybridized carbons (Fsp3) is 0.500. The summed E-state index contributed by atoms with van der Waals surface area (Å²) in [4.78, 5) is 5.88. The third-order valence-corrected chi connectivity index (χ3v) is 2.42. The molecule has 1 saturated heterocycles. The molecule has 0 unspecified atom stereocenters. The summed E-state index contributed by atoms with van der Waals surface area (Å²) in [7, 11) is 0. The van der Waals surface area contributed by atoms with Crippen LogP contribution in [0.2, 0.25) is 0 Å². The highest BCUT2D eigenvalue weighted by Crippen LogP contribution is 2.12. The van der Waals surface area contributed by atoms with Crippen LogP contribution in [0.25, 0.3) is 0 Å². The van der Waals surface area contributed by atoms with E-state index in [1.807, 2.05) is 0 Å². The molecule has 1 aliphatic heterocycles. The number of β-amino-alcohol motifs (C(OH)–C–C–N with tert-alkyl or cyclic N) is 1. The van der Waals surface area contributed by atoms with Crippen molar-refractivity contribution in [1.29, 1.82) is 0 Å². The van der Waals surface area contributed by atoms with Crippen LogP contribution in [0.15, 0.2) is 18.5 Å². The summed E-state index contributed by atoms with van der Waals surface area (Å²) >= 11 is 0. The Morgan fingerprint density at radius 3 is 3.07 bits per heavy atom. The minimum atomic E-state index is -0.303. The van der Waals surface area contributed by atoms with Gasteiger partial charge in [0.1, 0.15) is 5.82 Å². The molecule has 0 spiro atoms. The van der Waals surface area contributed by atoms with Crippen LogP contribution in [0.3, 0.4) is 0 Å². The molecule has 14 heavy (non-hydrogen) atoms. The van der Waals surface area contributed by atoms with Gasteiger partial charge in [0.25, 0.3) is 0 Å². The zero-order valence-electron chi connectivity index (χ0n) is 7.86. The van der Waals surface area contributed by atoms with Gasteiger partial charge in [-0.3, -0.25) is 9.88 Å².